The Hall–Kier alpha value is -4.44. The van der Waals surface area contributed by atoms with Crippen molar-refractivity contribution in [3.05, 3.63) is 131 Å². The van der Waals surface area contributed by atoms with E-state index in [2.05, 4.69) is 15.0 Å². The van der Waals surface area contributed by atoms with E-state index >= 15 is 0 Å². The SMILES string of the molecule is O=C(N[C@H]1CC[C@@](c2ccc(C(OCc3c(F)cccc3F)(C(F)(F)F)C(F)(F)F)cc2)(S(=O)(=O)c2ccc(F)cc2)CC1)c1cccnc1. The van der Waals surface area contributed by atoms with Crippen LogP contribution in [-0.2, 0) is 31.5 Å². The Kier molecular flexibility index (Phi) is 10.1. The zero-order valence-corrected chi connectivity index (χ0v) is 26.5. The van der Waals surface area contributed by atoms with Gasteiger partial charge in [0.1, 0.15) is 22.2 Å². The summed E-state index contributed by atoms with van der Waals surface area (Å²) >= 11 is 0. The summed E-state index contributed by atoms with van der Waals surface area (Å²) in [7, 11) is -4.51. The number of nitrogens with zero attached hydrogens (tertiary/aromatic N) is 1. The smallest absolute Gasteiger partial charge is 0.349 e. The van der Waals surface area contributed by atoms with Gasteiger partial charge in [-0.3, -0.25) is 9.78 Å². The molecular weight excluding hydrogens is 703 g/mol. The zero-order valence-electron chi connectivity index (χ0n) is 25.7. The molecule has 0 spiro atoms. The van der Waals surface area contributed by atoms with Gasteiger partial charge in [0.05, 0.1) is 17.1 Å². The van der Waals surface area contributed by atoms with Gasteiger partial charge in [0.15, 0.2) is 9.84 Å². The molecule has 0 bridgehead atoms. The maximum absolute atomic E-state index is 14.5. The molecule has 1 saturated carbocycles. The molecule has 1 N–H and O–H groups in total. The highest BCUT2D eigenvalue weighted by Gasteiger charge is 2.73. The minimum Gasteiger partial charge on any atom is -0.349 e. The van der Waals surface area contributed by atoms with Gasteiger partial charge in [0, 0.05) is 29.6 Å². The fraction of sp³-hybridized carbons (Fsp3) is 0.294. The van der Waals surface area contributed by atoms with Crippen LogP contribution in [0.3, 0.4) is 0 Å². The first-order valence-electron chi connectivity index (χ1n) is 15.0. The van der Waals surface area contributed by atoms with E-state index in [9.17, 15) is 52.7 Å². The van der Waals surface area contributed by atoms with Crippen molar-refractivity contribution in [2.45, 2.75) is 65.9 Å². The Morgan fingerprint density at radius 2 is 1.40 bits per heavy atom. The summed E-state index contributed by atoms with van der Waals surface area (Å²) < 4.78 is 160. The number of rotatable bonds is 9. The number of hydrogen-bond donors (Lipinski definition) is 1. The average molecular weight is 731 g/mol. The Labute approximate surface area is 280 Å². The van der Waals surface area contributed by atoms with Crippen LogP contribution in [0.2, 0.25) is 0 Å². The average Bonchev–Trinajstić information content (AvgIpc) is 3.06. The molecule has 5 rings (SSSR count). The van der Waals surface area contributed by atoms with Crippen LogP contribution in [0, 0.1) is 17.5 Å². The predicted molar refractivity (Wildman–Crippen MR) is 161 cm³/mol. The Bertz CT molecular complexity index is 1890. The molecule has 1 aliphatic carbocycles. The van der Waals surface area contributed by atoms with E-state index in [1.807, 2.05) is 0 Å². The number of benzene rings is 3. The van der Waals surface area contributed by atoms with E-state index in [0.717, 1.165) is 42.5 Å². The highest BCUT2D eigenvalue weighted by Crippen LogP contribution is 2.54. The monoisotopic (exact) mass is 730 g/mol. The van der Waals surface area contributed by atoms with Crippen LogP contribution in [0.15, 0.2) is 96.2 Å². The first-order valence-corrected chi connectivity index (χ1v) is 16.4. The number of amides is 1. The number of pyridine rings is 1. The molecule has 3 aromatic carbocycles. The largest absolute Gasteiger partial charge is 0.430 e. The van der Waals surface area contributed by atoms with E-state index < -0.39 is 79.7 Å². The second-order valence-corrected chi connectivity index (χ2v) is 13.9. The van der Waals surface area contributed by atoms with E-state index in [4.69, 9.17) is 0 Å². The van der Waals surface area contributed by atoms with Gasteiger partial charge in [-0.05, 0) is 79.8 Å². The lowest BCUT2D eigenvalue weighted by atomic mass is 9.79. The van der Waals surface area contributed by atoms with Crippen molar-refractivity contribution in [3.8, 4) is 0 Å². The number of carbonyl (C=O) groups is 1. The first kappa shape index (κ1) is 36.8. The van der Waals surface area contributed by atoms with E-state index in [0.29, 0.717) is 24.3 Å². The van der Waals surface area contributed by atoms with E-state index in [-0.39, 0.29) is 41.7 Å². The summed E-state index contributed by atoms with van der Waals surface area (Å²) in [6.07, 6.45) is -10.1. The summed E-state index contributed by atoms with van der Waals surface area (Å²) in [5.41, 5.74) is -7.72. The summed E-state index contributed by atoms with van der Waals surface area (Å²) in [6, 6.07) is 10.8. The maximum atomic E-state index is 14.5. The number of carbonyl (C=O) groups excluding carboxylic acids is 1. The van der Waals surface area contributed by atoms with Crippen molar-refractivity contribution < 1.29 is 57.5 Å². The molecule has 0 atom stereocenters. The van der Waals surface area contributed by atoms with Gasteiger partial charge in [-0.2, -0.15) is 26.3 Å². The Morgan fingerprint density at radius 3 is 1.92 bits per heavy atom. The summed E-state index contributed by atoms with van der Waals surface area (Å²) in [4.78, 5) is 16.2. The van der Waals surface area contributed by atoms with Gasteiger partial charge in [0.25, 0.3) is 11.5 Å². The fourth-order valence-corrected chi connectivity index (χ4v) is 8.31. The van der Waals surface area contributed by atoms with Crippen molar-refractivity contribution in [2.75, 3.05) is 0 Å². The minimum atomic E-state index is -6.21. The lowest BCUT2D eigenvalue weighted by molar-refractivity contribution is -0.392. The molecule has 6 nitrogen and oxygen atoms in total. The van der Waals surface area contributed by atoms with E-state index in [1.165, 1.54) is 24.5 Å². The number of hydrogen-bond acceptors (Lipinski definition) is 5. The molecule has 0 saturated heterocycles. The third kappa shape index (κ3) is 6.70. The predicted octanol–water partition coefficient (Wildman–Crippen LogP) is 8.08. The standard InChI is InChI=1S/C34H27F9N2O4S/c35-24-10-12-26(13-11-24)50(47,48)31(16-14-25(15-17-31)45-30(46)21-3-2-18-44-19-21)22-6-8-23(9-7-22)32(33(38,39)40,34(41,42)43)49-20-27-28(36)4-1-5-29(27)37/h1-13,18-19,25H,14-17,20H2,(H,45,46)/t25-,31+. The molecule has 16 heteroatoms. The molecular formula is C34H27F9N2O4S. The van der Waals surface area contributed by atoms with E-state index in [1.54, 1.807) is 0 Å². The molecule has 50 heavy (non-hydrogen) atoms. The lowest BCUT2D eigenvalue weighted by Gasteiger charge is -2.41. The van der Waals surface area contributed by atoms with Crippen LogP contribution in [0.4, 0.5) is 39.5 Å². The minimum absolute atomic E-state index is 0.0283. The zero-order chi connectivity index (χ0) is 36.5. The van der Waals surface area contributed by atoms with Crippen LogP contribution < -0.4 is 5.32 Å². The van der Waals surface area contributed by atoms with Crippen LogP contribution in [-0.4, -0.2) is 37.7 Å². The molecule has 0 aliphatic heterocycles. The number of sulfone groups is 1. The number of aromatic nitrogens is 1. The Morgan fingerprint density at radius 1 is 0.820 bits per heavy atom. The van der Waals surface area contributed by atoms with Gasteiger partial charge < -0.3 is 10.1 Å². The Balaban J connectivity index is 1.55. The van der Waals surface area contributed by atoms with Crippen LogP contribution in [0.25, 0.3) is 0 Å². The molecule has 4 aromatic rings. The second kappa shape index (κ2) is 13.7. The second-order valence-electron chi connectivity index (χ2n) is 11.7. The van der Waals surface area contributed by atoms with Gasteiger partial charge in [-0.25, -0.2) is 21.6 Å². The number of halogens is 9. The summed E-state index contributed by atoms with van der Waals surface area (Å²) in [6.45, 7) is -1.76. The van der Waals surface area contributed by atoms with Gasteiger partial charge in [-0.15, -0.1) is 0 Å². The number of alkyl halides is 6. The molecule has 1 fully saturated rings. The van der Waals surface area contributed by atoms with Crippen molar-refractivity contribution in [1.82, 2.24) is 10.3 Å². The summed E-state index contributed by atoms with van der Waals surface area (Å²) in [5, 5.41) is 2.78. The van der Waals surface area contributed by atoms with Gasteiger partial charge >= 0.3 is 12.4 Å². The molecule has 0 radical (unpaired) electrons. The van der Waals surface area contributed by atoms with Crippen LogP contribution in [0.5, 0.6) is 0 Å². The van der Waals surface area contributed by atoms with Crippen LogP contribution >= 0.6 is 0 Å². The van der Waals surface area contributed by atoms with Crippen LogP contribution in [0.1, 0.15) is 52.7 Å². The fourth-order valence-electron chi connectivity index (χ4n) is 6.14. The topological polar surface area (TPSA) is 85.4 Å². The van der Waals surface area contributed by atoms with Crippen molar-refractivity contribution >= 4 is 15.7 Å². The van der Waals surface area contributed by atoms with Crippen molar-refractivity contribution in [2.24, 2.45) is 0 Å². The lowest BCUT2D eigenvalue weighted by Crippen LogP contribution is -2.56. The molecule has 1 aromatic heterocycles. The maximum Gasteiger partial charge on any atom is 0.430 e. The number of ether oxygens (including phenoxy) is 1. The molecule has 1 aliphatic rings. The van der Waals surface area contributed by atoms with Gasteiger partial charge in [-0.1, -0.05) is 30.3 Å². The quantitative estimate of drug-likeness (QED) is 0.139. The summed E-state index contributed by atoms with van der Waals surface area (Å²) in [5.74, 6) is -4.11. The molecule has 1 amide bonds. The number of nitrogens with one attached hydrogen (secondary N) is 1. The first-order chi connectivity index (χ1) is 23.4. The molecule has 0 unspecified atom stereocenters. The third-order valence-corrected chi connectivity index (χ3v) is 11.4. The highest BCUT2D eigenvalue weighted by atomic mass is 32.2. The third-order valence-electron chi connectivity index (χ3n) is 8.80. The van der Waals surface area contributed by atoms with Gasteiger partial charge in [0.2, 0.25) is 0 Å². The molecule has 1 heterocycles. The normalized spacial score (nSPS) is 18.9. The highest BCUT2D eigenvalue weighted by molar-refractivity contribution is 7.92. The van der Waals surface area contributed by atoms with Crippen molar-refractivity contribution in [1.29, 1.82) is 0 Å². The van der Waals surface area contributed by atoms with Crippen molar-refractivity contribution in [3.63, 3.8) is 0 Å². The molecule has 266 valence electrons.